The van der Waals surface area contributed by atoms with Gasteiger partial charge < -0.3 is 9.30 Å². The summed E-state index contributed by atoms with van der Waals surface area (Å²) in [6.07, 6.45) is 1.41. The quantitative estimate of drug-likeness (QED) is 0.475. The molecule has 4 aromatic rings. The second-order valence-electron chi connectivity index (χ2n) is 7.20. The number of methoxy groups -OCH3 is 1. The Labute approximate surface area is 175 Å². The highest BCUT2D eigenvalue weighted by Gasteiger charge is 2.19. The second-order valence-corrected chi connectivity index (χ2v) is 7.20. The Hall–Kier alpha value is -3.59. The molecule has 0 aliphatic carbocycles. The summed E-state index contributed by atoms with van der Waals surface area (Å²) >= 11 is 0. The average Bonchev–Trinajstić information content (AvgIpc) is 3.15. The SMILES string of the molecule is COCCn1c(=O)c2c(ncn2Cc2ccc(F)c(F)c2)n(-c2ccc(C)cc2)c1=O. The van der Waals surface area contributed by atoms with E-state index in [1.165, 1.54) is 28.6 Å². The minimum atomic E-state index is -0.976. The van der Waals surface area contributed by atoms with Crippen LogP contribution in [0.4, 0.5) is 8.78 Å². The summed E-state index contributed by atoms with van der Waals surface area (Å²) in [5, 5.41) is 0. The zero-order valence-electron chi connectivity index (χ0n) is 17.0. The van der Waals surface area contributed by atoms with Crippen molar-refractivity contribution in [3.8, 4) is 5.69 Å². The molecule has 0 bridgehead atoms. The molecule has 0 saturated heterocycles. The molecule has 0 atom stereocenters. The number of imidazole rings is 1. The third kappa shape index (κ3) is 3.79. The van der Waals surface area contributed by atoms with Crippen LogP contribution in [0.3, 0.4) is 0 Å². The molecule has 9 heteroatoms. The van der Waals surface area contributed by atoms with Crippen molar-refractivity contribution in [3.63, 3.8) is 0 Å². The van der Waals surface area contributed by atoms with E-state index in [1.807, 2.05) is 19.1 Å². The molecular weight excluding hydrogens is 406 g/mol. The summed E-state index contributed by atoms with van der Waals surface area (Å²) in [5.74, 6) is -1.93. The molecule has 0 fully saturated rings. The van der Waals surface area contributed by atoms with Crippen LogP contribution in [0.25, 0.3) is 16.9 Å². The van der Waals surface area contributed by atoms with Crippen molar-refractivity contribution < 1.29 is 13.5 Å². The van der Waals surface area contributed by atoms with Crippen LogP contribution in [0.5, 0.6) is 0 Å². The van der Waals surface area contributed by atoms with E-state index in [9.17, 15) is 18.4 Å². The maximum Gasteiger partial charge on any atom is 0.337 e. The van der Waals surface area contributed by atoms with Gasteiger partial charge in [0.1, 0.15) is 0 Å². The Morgan fingerprint density at radius 3 is 2.45 bits per heavy atom. The zero-order valence-corrected chi connectivity index (χ0v) is 17.0. The molecule has 0 N–H and O–H groups in total. The van der Waals surface area contributed by atoms with Gasteiger partial charge in [-0.15, -0.1) is 0 Å². The van der Waals surface area contributed by atoms with Crippen LogP contribution in [0.15, 0.2) is 58.4 Å². The lowest BCUT2D eigenvalue weighted by molar-refractivity contribution is 0.184. The van der Waals surface area contributed by atoms with Gasteiger partial charge >= 0.3 is 5.69 Å². The summed E-state index contributed by atoms with van der Waals surface area (Å²) in [6, 6.07) is 10.8. The van der Waals surface area contributed by atoms with E-state index in [1.54, 1.807) is 12.1 Å². The Balaban J connectivity index is 1.95. The Kier molecular flexibility index (Phi) is 5.51. The Bertz CT molecular complexity index is 1370. The van der Waals surface area contributed by atoms with Crippen LogP contribution in [0, 0.1) is 18.6 Å². The first-order valence-electron chi connectivity index (χ1n) is 9.61. The number of rotatable bonds is 6. The highest BCUT2D eigenvalue weighted by atomic mass is 19.2. The number of aromatic nitrogens is 4. The van der Waals surface area contributed by atoms with E-state index in [0.29, 0.717) is 11.3 Å². The van der Waals surface area contributed by atoms with Gasteiger partial charge in [0, 0.05) is 13.7 Å². The molecule has 2 heterocycles. The Morgan fingerprint density at radius 2 is 1.77 bits per heavy atom. The molecular formula is C22H20F2N4O3. The van der Waals surface area contributed by atoms with Crippen molar-refractivity contribution in [2.75, 3.05) is 13.7 Å². The molecule has 31 heavy (non-hydrogen) atoms. The predicted molar refractivity (Wildman–Crippen MR) is 112 cm³/mol. The van der Waals surface area contributed by atoms with Crippen LogP contribution in [0.1, 0.15) is 11.1 Å². The van der Waals surface area contributed by atoms with Crippen molar-refractivity contribution >= 4 is 11.2 Å². The van der Waals surface area contributed by atoms with Gasteiger partial charge in [-0.3, -0.25) is 9.36 Å². The molecule has 0 unspecified atom stereocenters. The lowest BCUT2D eigenvalue weighted by Gasteiger charge is -2.13. The van der Waals surface area contributed by atoms with Crippen LogP contribution >= 0.6 is 0 Å². The first-order chi connectivity index (χ1) is 14.9. The number of fused-ring (bicyclic) bond motifs is 1. The normalized spacial score (nSPS) is 11.4. The third-order valence-electron chi connectivity index (χ3n) is 5.05. The fourth-order valence-corrected chi connectivity index (χ4v) is 3.44. The number of nitrogens with zero attached hydrogens (tertiary/aromatic N) is 4. The van der Waals surface area contributed by atoms with Crippen molar-refractivity contribution in [1.82, 2.24) is 18.7 Å². The number of aryl methyl sites for hydroxylation is 1. The molecule has 0 spiro atoms. The summed E-state index contributed by atoms with van der Waals surface area (Å²) in [7, 11) is 1.48. The maximum atomic E-state index is 13.7. The van der Waals surface area contributed by atoms with Crippen molar-refractivity contribution in [1.29, 1.82) is 0 Å². The van der Waals surface area contributed by atoms with Crippen LogP contribution in [-0.2, 0) is 17.8 Å². The number of hydrogen-bond acceptors (Lipinski definition) is 4. The monoisotopic (exact) mass is 426 g/mol. The topological polar surface area (TPSA) is 71.1 Å². The molecule has 0 saturated carbocycles. The van der Waals surface area contributed by atoms with Gasteiger partial charge in [0.25, 0.3) is 5.56 Å². The van der Waals surface area contributed by atoms with Crippen molar-refractivity contribution in [2.24, 2.45) is 0 Å². The lowest BCUT2D eigenvalue weighted by atomic mass is 10.2. The van der Waals surface area contributed by atoms with E-state index in [2.05, 4.69) is 4.98 Å². The zero-order chi connectivity index (χ0) is 22.1. The number of benzene rings is 2. The van der Waals surface area contributed by atoms with Crippen LogP contribution in [-0.4, -0.2) is 32.4 Å². The lowest BCUT2D eigenvalue weighted by Crippen LogP contribution is -2.41. The van der Waals surface area contributed by atoms with Crippen molar-refractivity contribution in [2.45, 2.75) is 20.0 Å². The minimum Gasteiger partial charge on any atom is -0.383 e. The van der Waals surface area contributed by atoms with Gasteiger partial charge in [-0.05, 0) is 36.8 Å². The third-order valence-corrected chi connectivity index (χ3v) is 5.05. The highest BCUT2D eigenvalue weighted by Crippen LogP contribution is 2.16. The van der Waals surface area contributed by atoms with Gasteiger partial charge in [-0.25, -0.2) is 23.1 Å². The van der Waals surface area contributed by atoms with Gasteiger partial charge in [0.15, 0.2) is 22.8 Å². The molecule has 0 aliphatic rings. The predicted octanol–water partition coefficient (Wildman–Crippen LogP) is 2.63. The van der Waals surface area contributed by atoms with Crippen LogP contribution in [0.2, 0.25) is 0 Å². The summed E-state index contributed by atoms with van der Waals surface area (Å²) < 4.78 is 36.0. The molecule has 160 valence electrons. The van der Waals surface area contributed by atoms with Gasteiger partial charge in [0.05, 0.1) is 25.2 Å². The fourth-order valence-electron chi connectivity index (χ4n) is 3.44. The van der Waals surface area contributed by atoms with E-state index in [4.69, 9.17) is 4.74 Å². The number of halogens is 2. The van der Waals surface area contributed by atoms with Gasteiger partial charge in [-0.1, -0.05) is 23.8 Å². The number of hydrogen-bond donors (Lipinski definition) is 0. The summed E-state index contributed by atoms with van der Waals surface area (Å²) in [4.78, 5) is 30.7. The standard InChI is InChI=1S/C22H20F2N4O3/c1-14-3-6-16(7-4-14)28-20-19(21(29)27(22(28)30)9-10-31-2)26(13-25-20)12-15-5-8-17(23)18(24)11-15/h3-8,11,13H,9-10,12H2,1-2H3. The Morgan fingerprint density at radius 1 is 1.03 bits per heavy atom. The molecule has 2 aromatic carbocycles. The first-order valence-corrected chi connectivity index (χ1v) is 9.61. The maximum absolute atomic E-state index is 13.7. The van der Waals surface area contributed by atoms with E-state index < -0.39 is 22.9 Å². The largest absolute Gasteiger partial charge is 0.383 e. The minimum absolute atomic E-state index is 0.0618. The van der Waals surface area contributed by atoms with E-state index >= 15 is 0 Å². The molecule has 0 radical (unpaired) electrons. The van der Waals surface area contributed by atoms with Gasteiger partial charge in [0.2, 0.25) is 0 Å². The first kappa shape index (κ1) is 20.7. The van der Waals surface area contributed by atoms with Gasteiger partial charge in [-0.2, -0.15) is 0 Å². The second kappa shape index (κ2) is 8.27. The summed E-state index contributed by atoms with van der Waals surface area (Å²) in [5.41, 5.74) is 1.34. The number of ether oxygens (including phenoxy) is 1. The molecule has 4 rings (SSSR count). The highest BCUT2D eigenvalue weighted by molar-refractivity contribution is 5.72. The van der Waals surface area contributed by atoms with E-state index in [0.717, 1.165) is 22.3 Å². The molecule has 0 amide bonds. The summed E-state index contributed by atoms with van der Waals surface area (Å²) in [6.45, 7) is 2.25. The molecule has 2 aromatic heterocycles. The smallest absolute Gasteiger partial charge is 0.337 e. The molecule has 7 nitrogen and oxygen atoms in total. The van der Waals surface area contributed by atoms with Crippen molar-refractivity contribution in [3.05, 3.63) is 92.4 Å². The average molecular weight is 426 g/mol. The van der Waals surface area contributed by atoms with Crippen LogP contribution < -0.4 is 11.2 Å². The fraction of sp³-hybridized carbons (Fsp3) is 0.227. The van der Waals surface area contributed by atoms with E-state index in [-0.39, 0.29) is 30.9 Å². The molecule has 0 aliphatic heterocycles.